The third kappa shape index (κ3) is 5.25. The molecule has 0 atom stereocenters. The second kappa shape index (κ2) is 14.2. The van der Waals surface area contributed by atoms with Crippen molar-refractivity contribution < 1.29 is 15.0 Å². The van der Waals surface area contributed by atoms with Crippen molar-refractivity contribution in [1.29, 1.82) is 0 Å². The van der Waals surface area contributed by atoms with Gasteiger partial charge in [0, 0.05) is 0 Å². The van der Waals surface area contributed by atoms with E-state index in [-0.39, 0.29) is 0 Å². The molecular weight excluding hydrogens is 761 g/mol. The van der Waals surface area contributed by atoms with E-state index in [0.29, 0.717) is 0 Å². The molecule has 0 aliphatic carbocycles. The summed E-state index contributed by atoms with van der Waals surface area (Å²) in [6.07, 6.45) is 4.57. The van der Waals surface area contributed by atoms with Crippen LogP contribution in [0.25, 0.3) is 0 Å². The predicted octanol–water partition coefficient (Wildman–Crippen LogP) is 8.63. The van der Waals surface area contributed by atoms with Crippen LogP contribution in [0.1, 0.15) is 0 Å². The molecule has 0 aromatic heterocycles. The van der Waals surface area contributed by atoms with Gasteiger partial charge >= 0.3 is 275 Å². The van der Waals surface area contributed by atoms with Gasteiger partial charge in [-0.15, -0.1) is 0 Å². The first-order valence-electron chi connectivity index (χ1n) is 15.4. The summed E-state index contributed by atoms with van der Waals surface area (Å²) in [6.45, 7) is 9.14. The van der Waals surface area contributed by atoms with E-state index >= 15 is 0 Å². The Kier molecular flexibility index (Phi) is 9.88. The Hall–Kier alpha value is -3.65. The Morgan fingerprint density at radius 1 is 0.333 bits per heavy atom. The summed E-state index contributed by atoms with van der Waals surface area (Å²) in [7, 11) is 0. The molecule has 45 heavy (non-hydrogen) atoms. The molecule has 6 rings (SSSR count). The molecule has 0 amide bonds. The summed E-state index contributed by atoms with van der Waals surface area (Å²) < 4.78 is 0. The van der Waals surface area contributed by atoms with Crippen molar-refractivity contribution in [3.8, 4) is 0 Å². The van der Waals surface area contributed by atoms with Gasteiger partial charge < -0.3 is 0 Å². The van der Waals surface area contributed by atoms with Crippen LogP contribution in [0.3, 0.4) is 0 Å². The topological polar surface area (TPSA) is 0 Å². The zero-order valence-corrected chi connectivity index (χ0v) is 29.9. The molecule has 0 heterocycles. The van der Waals surface area contributed by atoms with Gasteiger partial charge in [-0.3, -0.25) is 0 Å². The maximum atomic E-state index is 4.57. The molecule has 0 nitrogen and oxygen atoms in total. The fourth-order valence-corrected chi connectivity index (χ4v) is 85.3. The third-order valence-electron chi connectivity index (χ3n) is 8.45. The summed E-state index contributed by atoms with van der Waals surface area (Å²) in [6, 6.07) is 69.4. The fourth-order valence-electron chi connectivity index (χ4n) is 6.92. The van der Waals surface area contributed by atoms with Gasteiger partial charge in [-0.2, -0.15) is 0 Å². The van der Waals surface area contributed by atoms with Crippen LogP contribution in [0.15, 0.2) is 207 Å². The summed E-state index contributed by atoms with van der Waals surface area (Å²) in [5, 5.41) is 3.27. The molecule has 0 aliphatic heterocycles. The second-order valence-electron chi connectivity index (χ2n) is 10.9. The Labute approximate surface area is 273 Å². The molecule has 3 heteroatoms. The van der Waals surface area contributed by atoms with E-state index in [4.69, 9.17) is 0 Å². The Morgan fingerprint density at radius 2 is 0.511 bits per heavy atom. The van der Waals surface area contributed by atoms with Crippen molar-refractivity contribution in [3.63, 3.8) is 0 Å². The van der Waals surface area contributed by atoms with Crippen molar-refractivity contribution in [1.82, 2.24) is 0 Å². The van der Waals surface area contributed by atoms with Crippen LogP contribution in [-0.2, 0) is 15.0 Å². The molecule has 6 aromatic rings. The number of allylic oxidation sites excluding steroid dienone is 2. The molecule has 0 bridgehead atoms. The number of benzene rings is 6. The molecule has 0 unspecified atom stereocenters. The van der Waals surface area contributed by atoms with Crippen LogP contribution in [0, 0.1) is 0 Å². The average molecular weight is 804 g/mol. The summed E-state index contributed by atoms with van der Waals surface area (Å²) in [5.74, 6) is 0. The first-order chi connectivity index (χ1) is 22.3. The van der Waals surface area contributed by atoms with Gasteiger partial charge in [-0.25, -0.2) is 0 Å². The van der Waals surface area contributed by atoms with E-state index in [2.05, 4.69) is 207 Å². The zero-order chi connectivity index (χ0) is 31.0. The number of hydrogen-bond donors (Lipinski definition) is 0. The van der Waals surface area contributed by atoms with E-state index in [9.17, 15) is 0 Å². The van der Waals surface area contributed by atoms with Crippen molar-refractivity contribution in [3.05, 3.63) is 207 Å². The van der Waals surface area contributed by atoms with Crippen molar-refractivity contribution in [2.45, 2.75) is 9.62 Å². The van der Waals surface area contributed by atoms with Crippen molar-refractivity contribution in [2.24, 2.45) is 0 Å². The van der Waals surface area contributed by atoms with Crippen LogP contribution in [0.4, 0.5) is 0 Å². The Balaban J connectivity index is 1.97. The SMILES string of the molecule is C=C[CH2][Pt]([CH2]C=C)([PH](c1ccccc1)(c1ccccc1)c1ccccc1)[PH](c1ccccc1)(c1ccccc1)c1ccccc1. The van der Waals surface area contributed by atoms with Gasteiger partial charge in [0.1, 0.15) is 0 Å². The fraction of sp³-hybridized carbons (Fsp3) is 0.0476. The van der Waals surface area contributed by atoms with Crippen molar-refractivity contribution >= 4 is 42.5 Å². The van der Waals surface area contributed by atoms with Gasteiger partial charge in [0.05, 0.1) is 0 Å². The van der Waals surface area contributed by atoms with Gasteiger partial charge in [-0.1, -0.05) is 0 Å². The number of rotatable bonds is 12. The third-order valence-corrected chi connectivity index (χ3v) is 68.6. The van der Waals surface area contributed by atoms with Crippen LogP contribution in [-0.4, -0.2) is 0 Å². The monoisotopic (exact) mass is 803 g/mol. The van der Waals surface area contributed by atoms with E-state index in [1.807, 2.05) is 0 Å². The molecule has 0 N–H and O–H groups in total. The standard InChI is InChI=1S/2C18H15P.2C3H5.Pt/c2*1-4-10-16(11-5-1)19(17-12-6-2-7-13-17)18-14-8-3-9-15-18;2*1-3-2;/h2*1-15H;2*3H,1-2H2;/q;;;;-2/p+2. The average Bonchev–Trinajstić information content (AvgIpc) is 3.12. The molecule has 0 saturated heterocycles. The first-order valence-corrected chi connectivity index (χ1v) is 29.0. The van der Waals surface area contributed by atoms with Crippen molar-refractivity contribution in [2.75, 3.05) is 0 Å². The van der Waals surface area contributed by atoms with Crippen LogP contribution < -0.4 is 31.8 Å². The quantitative estimate of drug-likeness (QED) is 0.0860. The normalized spacial score (nSPS) is 13.0. The minimum absolute atomic E-state index is 1.01. The molecule has 0 radical (unpaired) electrons. The molecule has 0 saturated carbocycles. The summed E-state index contributed by atoms with van der Waals surface area (Å²) >= 11 is -3.49. The molecule has 6 aromatic carbocycles. The predicted molar refractivity (Wildman–Crippen MR) is 203 cm³/mol. The van der Waals surface area contributed by atoms with Gasteiger partial charge in [-0.05, 0) is 0 Å². The zero-order valence-electron chi connectivity index (χ0n) is 25.6. The van der Waals surface area contributed by atoms with Crippen LogP contribution >= 0.6 is 10.7 Å². The molecule has 0 aliphatic rings. The van der Waals surface area contributed by atoms with Gasteiger partial charge in [0.25, 0.3) is 0 Å². The van der Waals surface area contributed by atoms with E-state index in [0.717, 1.165) is 9.62 Å². The first kappa shape index (κ1) is 31.3. The van der Waals surface area contributed by atoms with Crippen LogP contribution in [0.2, 0.25) is 9.62 Å². The Morgan fingerprint density at radius 3 is 0.667 bits per heavy atom. The van der Waals surface area contributed by atoms with E-state index in [1.165, 1.54) is 31.8 Å². The van der Waals surface area contributed by atoms with Crippen LogP contribution in [0.5, 0.6) is 0 Å². The van der Waals surface area contributed by atoms with Gasteiger partial charge in [0.2, 0.25) is 0 Å². The second-order valence-corrected chi connectivity index (χ2v) is 46.3. The van der Waals surface area contributed by atoms with Gasteiger partial charge in [0.15, 0.2) is 0 Å². The molecular formula is C42H42P2Pt. The number of hydrogen-bond acceptors (Lipinski definition) is 0. The van der Waals surface area contributed by atoms with E-state index < -0.39 is 25.8 Å². The molecule has 0 fully saturated rings. The summed E-state index contributed by atoms with van der Waals surface area (Å²) in [4.78, 5) is 2.02. The van der Waals surface area contributed by atoms with E-state index in [1.54, 1.807) is 0 Å². The molecule has 230 valence electrons. The Bertz CT molecular complexity index is 1480. The minimum atomic E-state index is -3.49. The molecule has 0 spiro atoms. The summed E-state index contributed by atoms with van der Waals surface area (Å²) in [5.41, 5.74) is 0. The maximum absolute atomic E-state index is 4.57.